The molecule has 0 unspecified atom stereocenters. The van der Waals surface area contributed by atoms with Crippen molar-refractivity contribution in [1.29, 1.82) is 0 Å². The monoisotopic (exact) mass is 1160 g/mol. The van der Waals surface area contributed by atoms with Crippen LogP contribution in [0.5, 0.6) is 0 Å². The molecule has 8 aromatic carbocycles. The predicted octanol–water partition coefficient (Wildman–Crippen LogP) is 10.4. The first kappa shape index (κ1) is 44.1. The molecule has 0 nitrogen and oxygen atoms in total. The molecule has 8 aromatic rings. The number of hydrogen-bond donors (Lipinski definition) is 0. The van der Waals surface area contributed by atoms with Gasteiger partial charge in [-0.05, 0) is 74.1 Å². The Morgan fingerprint density at radius 2 is 0.286 bits per heavy atom. The molecule has 0 amide bonds. The Kier molecular flexibility index (Phi) is 18.9. The summed E-state index contributed by atoms with van der Waals surface area (Å²) >= 11 is 0. The molecule has 0 saturated heterocycles. The van der Waals surface area contributed by atoms with Gasteiger partial charge >= 0.3 is 0 Å². The summed E-state index contributed by atoms with van der Waals surface area (Å²) in [6.45, 7) is 0. The third kappa shape index (κ3) is 12.5. The van der Waals surface area contributed by atoms with E-state index in [2.05, 4.69) is 243 Å². The summed E-state index contributed by atoms with van der Waals surface area (Å²) in [5.74, 6) is 2.35. The van der Waals surface area contributed by atoms with Gasteiger partial charge in [0.2, 0.25) is 0 Å². The summed E-state index contributed by atoms with van der Waals surface area (Å²) in [7, 11) is -1.63. The summed E-state index contributed by atoms with van der Waals surface area (Å²) < 4.78 is 0. The number of rotatable bonds is 12. The van der Waals surface area contributed by atoms with E-state index < -0.39 is 31.7 Å². The van der Waals surface area contributed by atoms with Crippen LogP contribution in [-0.2, 0) is 44.8 Å². The van der Waals surface area contributed by atoms with E-state index in [4.69, 9.17) is 0 Å². The Labute approximate surface area is 370 Å². The number of hydrogen-bond acceptors (Lipinski definition) is 0. The Bertz CT molecular complexity index is 1730. The SMILES string of the molecule is [Au].[Au].c1ccc(P(CP(c2ccccc2)c2ccccc2)c2ccccc2)cc1.c1ccc(P(CP(c2ccccc2)c2ccccc2)c2ccccc2)cc1. The molecule has 0 aromatic heterocycles. The summed E-state index contributed by atoms with van der Waals surface area (Å²) in [6.07, 6.45) is 0. The van der Waals surface area contributed by atoms with E-state index in [-0.39, 0.29) is 44.8 Å². The van der Waals surface area contributed by atoms with E-state index in [9.17, 15) is 0 Å². The average molecular weight is 1160 g/mol. The molecule has 8 rings (SSSR count). The minimum Gasteiger partial charge on any atom is -0.0622 e. The Hall–Kier alpha value is -3.04. The molecule has 0 N–H and O–H groups in total. The second-order valence-electron chi connectivity index (χ2n) is 12.7. The molecule has 0 spiro atoms. The van der Waals surface area contributed by atoms with Gasteiger partial charge in [0.25, 0.3) is 0 Å². The zero-order valence-corrected chi connectivity index (χ0v) is 38.8. The van der Waals surface area contributed by atoms with Crippen molar-refractivity contribution in [1.82, 2.24) is 0 Å². The summed E-state index contributed by atoms with van der Waals surface area (Å²) in [5, 5.41) is 11.7. The maximum Gasteiger partial charge on any atom is 0.00405 e. The molecule has 0 heterocycles. The molecule has 286 valence electrons. The zero-order valence-electron chi connectivity index (χ0n) is 30.9. The van der Waals surface area contributed by atoms with Crippen molar-refractivity contribution in [3.63, 3.8) is 0 Å². The van der Waals surface area contributed by atoms with Crippen molar-refractivity contribution in [2.45, 2.75) is 0 Å². The van der Waals surface area contributed by atoms with Gasteiger partial charge in [-0.1, -0.05) is 243 Å². The maximum atomic E-state index is 2.29. The van der Waals surface area contributed by atoms with Gasteiger partial charge in [-0.2, -0.15) is 0 Å². The first-order chi connectivity index (χ1) is 26.8. The Morgan fingerprint density at radius 1 is 0.179 bits per heavy atom. The molecule has 0 atom stereocenters. The van der Waals surface area contributed by atoms with Gasteiger partial charge in [0.1, 0.15) is 0 Å². The van der Waals surface area contributed by atoms with Crippen molar-refractivity contribution in [3.8, 4) is 0 Å². The van der Waals surface area contributed by atoms with Gasteiger partial charge in [0, 0.05) is 56.6 Å². The van der Waals surface area contributed by atoms with Gasteiger partial charge in [-0.15, -0.1) is 0 Å². The predicted molar refractivity (Wildman–Crippen MR) is 246 cm³/mol. The number of benzene rings is 8. The van der Waals surface area contributed by atoms with Crippen LogP contribution in [0.4, 0.5) is 0 Å². The second kappa shape index (κ2) is 24.0. The van der Waals surface area contributed by atoms with Crippen LogP contribution in [0.15, 0.2) is 243 Å². The molecule has 0 bridgehead atoms. The Morgan fingerprint density at radius 3 is 0.393 bits per heavy atom. The molecule has 0 saturated carbocycles. The molecule has 0 fully saturated rings. The normalized spacial score (nSPS) is 10.6. The van der Waals surface area contributed by atoms with E-state index in [0.29, 0.717) is 0 Å². The minimum absolute atomic E-state index is 0. The summed E-state index contributed by atoms with van der Waals surface area (Å²) in [5.41, 5.74) is 0. The fourth-order valence-electron chi connectivity index (χ4n) is 6.40. The standard InChI is InChI=1S/2C25H22P2.2Au/c2*1-5-13-22(14-6-1)26(23-15-7-2-8-16-23)21-27(24-17-9-3-10-18-24)25-19-11-4-12-20-25;;/h2*1-20H,21H2;;. The van der Waals surface area contributed by atoms with Gasteiger partial charge in [0.05, 0.1) is 0 Å². The molecule has 6 heteroatoms. The van der Waals surface area contributed by atoms with Gasteiger partial charge < -0.3 is 0 Å². The topological polar surface area (TPSA) is 0 Å². The van der Waals surface area contributed by atoms with Crippen LogP contribution >= 0.6 is 31.7 Å². The molecule has 56 heavy (non-hydrogen) atoms. The Balaban J connectivity index is 0.000000207. The van der Waals surface area contributed by atoms with Crippen LogP contribution in [-0.4, -0.2) is 11.8 Å². The summed E-state index contributed by atoms with van der Waals surface area (Å²) in [6, 6.07) is 88.3. The molecular formula is C50H44Au2P4. The zero-order chi connectivity index (χ0) is 36.6. The average Bonchev–Trinajstić information content (AvgIpc) is 3.27. The van der Waals surface area contributed by atoms with Gasteiger partial charge in [-0.3, -0.25) is 0 Å². The van der Waals surface area contributed by atoms with Gasteiger partial charge in [0.15, 0.2) is 0 Å². The van der Waals surface area contributed by atoms with Crippen molar-refractivity contribution >= 4 is 74.1 Å². The molecule has 2 radical (unpaired) electrons. The third-order valence-corrected chi connectivity index (χ3v) is 21.0. The largest absolute Gasteiger partial charge is 0.0622 e. The van der Waals surface area contributed by atoms with Crippen LogP contribution < -0.4 is 42.4 Å². The first-order valence-corrected chi connectivity index (χ1v) is 24.4. The quantitative estimate of drug-likeness (QED) is 0.0845. The van der Waals surface area contributed by atoms with E-state index in [0.717, 1.165) is 0 Å². The van der Waals surface area contributed by atoms with E-state index in [1.165, 1.54) is 54.2 Å². The fraction of sp³-hybridized carbons (Fsp3) is 0.0400. The van der Waals surface area contributed by atoms with Gasteiger partial charge in [-0.25, -0.2) is 0 Å². The van der Waals surface area contributed by atoms with Crippen LogP contribution in [0.25, 0.3) is 0 Å². The van der Waals surface area contributed by atoms with Crippen molar-refractivity contribution in [3.05, 3.63) is 243 Å². The van der Waals surface area contributed by atoms with Crippen LogP contribution in [0.1, 0.15) is 0 Å². The van der Waals surface area contributed by atoms with Crippen molar-refractivity contribution in [2.24, 2.45) is 0 Å². The molecular weight excluding hydrogens is 1120 g/mol. The second-order valence-corrected chi connectivity index (χ2v) is 22.5. The third-order valence-electron chi connectivity index (χ3n) is 9.11. The summed E-state index contributed by atoms with van der Waals surface area (Å²) in [4.78, 5) is 0. The van der Waals surface area contributed by atoms with Crippen molar-refractivity contribution in [2.75, 3.05) is 11.8 Å². The molecule has 0 aliphatic heterocycles. The van der Waals surface area contributed by atoms with Crippen LogP contribution in [0.2, 0.25) is 0 Å². The maximum absolute atomic E-state index is 2.29. The smallest absolute Gasteiger partial charge is 0.00405 e. The van der Waals surface area contributed by atoms with E-state index >= 15 is 0 Å². The van der Waals surface area contributed by atoms with Crippen molar-refractivity contribution < 1.29 is 44.8 Å². The van der Waals surface area contributed by atoms with E-state index in [1.54, 1.807) is 0 Å². The van der Waals surface area contributed by atoms with E-state index in [1.807, 2.05) is 0 Å². The fourth-order valence-corrected chi connectivity index (χ4v) is 19.3. The minimum atomic E-state index is -0.409. The first-order valence-electron chi connectivity index (χ1n) is 18.3. The molecule has 0 aliphatic rings. The van der Waals surface area contributed by atoms with Crippen LogP contribution in [0, 0.1) is 0 Å². The molecule has 0 aliphatic carbocycles. The van der Waals surface area contributed by atoms with Crippen LogP contribution in [0.3, 0.4) is 0 Å².